The highest BCUT2D eigenvalue weighted by atomic mass is 79.9. The molecule has 2 rings (SSSR count). The van der Waals surface area contributed by atoms with Gasteiger partial charge in [0, 0.05) is 17.1 Å². The molecule has 1 aromatic carbocycles. The van der Waals surface area contributed by atoms with Crippen molar-refractivity contribution in [3.8, 4) is 0 Å². The largest absolute Gasteiger partial charge is 0.478 e. The lowest BCUT2D eigenvalue weighted by Gasteiger charge is -2.06. The molecular formula is C15H13BrN2O3. The molecule has 0 radical (unpaired) electrons. The monoisotopic (exact) mass is 348 g/mol. The van der Waals surface area contributed by atoms with E-state index in [4.69, 9.17) is 5.11 Å². The molecule has 2 aromatic rings. The summed E-state index contributed by atoms with van der Waals surface area (Å²) in [6, 6.07) is 9.13. The number of carbonyl (C=O) groups is 2. The van der Waals surface area contributed by atoms with E-state index < -0.39 is 5.97 Å². The van der Waals surface area contributed by atoms with Gasteiger partial charge >= 0.3 is 5.97 Å². The minimum atomic E-state index is -1.08. The van der Waals surface area contributed by atoms with Crippen molar-refractivity contribution in [2.24, 2.45) is 0 Å². The third-order valence-electron chi connectivity index (χ3n) is 2.80. The molecule has 0 fully saturated rings. The van der Waals surface area contributed by atoms with Crippen LogP contribution in [-0.4, -0.2) is 22.0 Å². The zero-order valence-corrected chi connectivity index (χ0v) is 12.6. The molecule has 1 amide bonds. The first-order valence-electron chi connectivity index (χ1n) is 6.27. The number of rotatable bonds is 5. The van der Waals surface area contributed by atoms with E-state index in [0.717, 1.165) is 10.0 Å². The van der Waals surface area contributed by atoms with Crippen LogP contribution in [0.25, 0.3) is 0 Å². The van der Waals surface area contributed by atoms with Crippen molar-refractivity contribution in [1.29, 1.82) is 0 Å². The molecule has 21 heavy (non-hydrogen) atoms. The molecule has 0 saturated carbocycles. The van der Waals surface area contributed by atoms with Gasteiger partial charge in [-0.1, -0.05) is 28.1 Å². The van der Waals surface area contributed by atoms with Crippen molar-refractivity contribution in [2.75, 3.05) is 5.32 Å². The second-order valence-electron chi connectivity index (χ2n) is 4.45. The summed E-state index contributed by atoms with van der Waals surface area (Å²) in [7, 11) is 0. The van der Waals surface area contributed by atoms with Gasteiger partial charge in [-0.05, 0) is 30.2 Å². The van der Waals surface area contributed by atoms with Crippen LogP contribution in [0.2, 0.25) is 0 Å². The fourth-order valence-corrected chi connectivity index (χ4v) is 2.25. The number of aromatic carboxylic acids is 1. The molecule has 0 saturated heterocycles. The van der Waals surface area contributed by atoms with Gasteiger partial charge in [0.2, 0.25) is 5.91 Å². The Hall–Kier alpha value is -2.21. The molecule has 0 aliphatic rings. The van der Waals surface area contributed by atoms with E-state index in [2.05, 4.69) is 26.2 Å². The normalized spacial score (nSPS) is 10.1. The highest BCUT2D eigenvalue weighted by Gasteiger charge is 2.07. The number of carboxylic acid groups (broad SMARTS) is 1. The number of nitrogens with one attached hydrogen (secondary N) is 1. The third kappa shape index (κ3) is 4.68. The van der Waals surface area contributed by atoms with E-state index in [1.54, 1.807) is 0 Å². The lowest BCUT2D eigenvalue weighted by atomic mass is 10.1. The van der Waals surface area contributed by atoms with E-state index in [1.165, 1.54) is 18.5 Å². The summed E-state index contributed by atoms with van der Waals surface area (Å²) in [5, 5.41) is 11.5. The van der Waals surface area contributed by atoms with Gasteiger partial charge in [0.15, 0.2) is 0 Å². The van der Waals surface area contributed by atoms with Crippen molar-refractivity contribution in [2.45, 2.75) is 12.8 Å². The summed E-state index contributed by atoms with van der Waals surface area (Å²) in [4.78, 5) is 26.5. The summed E-state index contributed by atoms with van der Waals surface area (Å²) in [6.07, 6.45) is 3.58. The van der Waals surface area contributed by atoms with Crippen molar-refractivity contribution in [1.82, 2.24) is 4.98 Å². The van der Waals surface area contributed by atoms with Crippen LogP contribution >= 0.6 is 15.9 Å². The Balaban J connectivity index is 1.93. The summed E-state index contributed by atoms with van der Waals surface area (Å²) >= 11 is 3.38. The molecule has 5 nitrogen and oxygen atoms in total. The predicted molar refractivity (Wildman–Crippen MR) is 82.3 cm³/mol. The van der Waals surface area contributed by atoms with Gasteiger partial charge in [-0.15, -0.1) is 0 Å². The molecule has 0 aliphatic heterocycles. The number of hydrogen-bond donors (Lipinski definition) is 2. The lowest BCUT2D eigenvalue weighted by Crippen LogP contribution is -2.13. The maximum absolute atomic E-state index is 11.9. The van der Waals surface area contributed by atoms with Crippen molar-refractivity contribution < 1.29 is 14.7 Å². The molecule has 1 heterocycles. The van der Waals surface area contributed by atoms with Gasteiger partial charge in [-0.25, -0.2) is 4.79 Å². The Labute approximate surface area is 130 Å². The maximum atomic E-state index is 11.9. The minimum Gasteiger partial charge on any atom is -0.478 e. The number of halogens is 1. The van der Waals surface area contributed by atoms with Crippen LogP contribution in [0.15, 0.2) is 47.2 Å². The molecule has 0 atom stereocenters. The molecule has 6 heteroatoms. The second-order valence-corrected chi connectivity index (χ2v) is 5.36. The number of anilines is 1. The zero-order valence-electron chi connectivity index (χ0n) is 11.0. The molecule has 0 unspecified atom stereocenters. The highest BCUT2D eigenvalue weighted by molar-refractivity contribution is 9.10. The van der Waals surface area contributed by atoms with Gasteiger partial charge < -0.3 is 10.4 Å². The Kier molecular flexibility index (Phi) is 5.05. The molecule has 1 aromatic heterocycles. The Bertz CT molecular complexity index is 673. The van der Waals surface area contributed by atoms with E-state index in [1.807, 2.05) is 24.3 Å². The average Bonchev–Trinajstić information content (AvgIpc) is 2.45. The number of amides is 1. The fraction of sp³-hybridized carbons (Fsp3) is 0.133. The van der Waals surface area contributed by atoms with Crippen LogP contribution in [0, 0.1) is 0 Å². The molecule has 2 N–H and O–H groups in total. The van der Waals surface area contributed by atoms with E-state index in [-0.39, 0.29) is 11.5 Å². The van der Waals surface area contributed by atoms with Crippen LogP contribution in [0.4, 0.5) is 5.69 Å². The first-order chi connectivity index (χ1) is 10.0. The van der Waals surface area contributed by atoms with E-state index in [0.29, 0.717) is 18.5 Å². The Morgan fingerprint density at radius 2 is 2.05 bits per heavy atom. The Morgan fingerprint density at radius 3 is 2.76 bits per heavy atom. The van der Waals surface area contributed by atoms with E-state index in [9.17, 15) is 9.59 Å². The minimum absolute atomic E-state index is 0.0415. The SMILES string of the molecule is O=C(CCc1cccc(Br)c1)Nc1cncc(C(=O)O)c1. The van der Waals surface area contributed by atoms with Crippen molar-refractivity contribution >= 4 is 33.5 Å². The number of hydrogen-bond acceptors (Lipinski definition) is 3. The van der Waals surface area contributed by atoms with Gasteiger partial charge in [-0.3, -0.25) is 9.78 Å². The molecule has 0 bridgehead atoms. The van der Waals surface area contributed by atoms with E-state index >= 15 is 0 Å². The standard InChI is InChI=1S/C15H13BrN2O3/c16-12-3-1-2-10(6-12)4-5-14(19)18-13-7-11(15(20)21)8-17-9-13/h1-3,6-9H,4-5H2,(H,18,19)(H,20,21). The van der Waals surface area contributed by atoms with Crippen LogP contribution in [0.1, 0.15) is 22.3 Å². The number of carbonyl (C=O) groups excluding carboxylic acids is 1. The van der Waals surface area contributed by atoms with Crippen LogP contribution in [-0.2, 0) is 11.2 Å². The fourth-order valence-electron chi connectivity index (χ4n) is 1.80. The first kappa shape index (κ1) is 15.2. The number of pyridine rings is 1. The lowest BCUT2D eigenvalue weighted by molar-refractivity contribution is -0.116. The van der Waals surface area contributed by atoms with Gasteiger partial charge in [0.25, 0.3) is 0 Å². The molecule has 0 aliphatic carbocycles. The number of benzene rings is 1. The summed E-state index contributed by atoms with van der Waals surface area (Å²) in [5.41, 5.74) is 1.48. The topological polar surface area (TPSA) is 79.3 Å². The van der Waals surface area contributed by atoms with Gasteiger partial charge in [0.05, 0.1) is 17.4 Å². The smallest absolute Gasteiger partial charge is 0.337 e. The molecule has 108 valence electrons. The number of aryl methyl sites for hydroxylation is 1. The quantitative estimate of drug-likeness (QED) is 0.869. The summed E-state index contributed by atoms with van der Waals surface area (Å²) < 4.78 is 0.971. The van der Waals surface area contributed by atoms with Crippen molar-refractivity contribution in [3.63, 3.8) is 0 Å². The van der Waals surface area contributed by atoms with Gasteiger partial charge in [0.1, 0.15) is 0 Å². The average molecular weight is 349 g/mol. The zero-order chi connectivity index (χ0) is 15.2. The van der Waals surface area contributed by atoms with Gasteiger partial charge in [-0.2, -0.15) is 0 Å². The molecule has 0 spiro atoms. The maximum Gasteiger partial charge on any atom is 0.337 e. The number of carboxylic acids is 1. The van der Waals surface area contributed by atoms with Crippen LogP contribution in [0.3, 0.4) is 0 Å². The number of aromatic nitrogens is 1. The van der Waals surface area contributed by atoms with Crippen LogP contribution < -0.4 is 5.32 Å². The predicted octanol–water partition coefficient (Wildman–Crippen LogP) is 3.11. The van der Waals surface area contributed by atoms with Crippen LogP contribution in [0.5, 0.6) is 0 Å². The number of nitrogens with zero attached hydrogens (tertiary/aromatic N) is 1. The highest BCUT2D eigenvalue weighted by Crippen LogP contribution is 2.14. The second kappa shape index (κ2) is 6.99. The first-order valence-corrected chi connectivity index (χ1v) is 7.06. The summed E-state index contributed by atoms with van der Waals surface area (Å²) in [5.74, 6) is -1.26. The third-order valence-corrected chi connectivity index (χ3v) is 3.29. The van der Waals surface area contributed by atoms with Crippen molar-refractivity contribution in [3.05, 3.63) is 58.3 Å². The Morgan fingerprint density at radius 1 is 1.24 bits per heavy atom. The molecular weight excluding hydrogens is 336 g/mol. The summed E-state index contributed by atoms with van der Waals surface area (Å²) in [6.45, 7) is 0.